The second-order valence-corrected chi connectivity index (χ2v) is 10.0. The minimum Gasteiger partial charge on any atom is -0.323 e. The predicted molar refractivity (Wildman–Crippen MR) is 139 cm³/mol. The Morgan fingerprint density at radius 3 is 1.46 bits per heavy atom. The maximum Gasteiger partial charge on any atom is 0.329 e. The van der Waals surface area contributed by atoms with Crippen molar-refractivity contribution >= 4 is 35.3 Å². The summed E-state index contributed by atoms with van der Waals surface area (Å²) >= 11 is 0. The van der Waals surface area contributed by atoms with E-state index in [1.807, 2.05) is 43.4 Å². The average molecular weight is 505 g/mol. The normalized spacial score (nSPS) is 22.6. The summed E-state index contributed by atoms with van der Waals surface area (Å²) in [5, 5.41) is 8.97. The van der Waals surface area contributed by atoms with Crippen LogP contribution in [0.5, 0.6) is 0 Å². The molecule has 0 aromatic heterocycles. The van der Waals surface area contributed by atoms with Crippen LogP contribution in [0.15, 0.2) is 60.7 Å². The van der Waals surface area contributed by atoms with Crippen molar-refractivity contribution in [2.75, 3.05) is 43.0 Å². The van der Waals surface area contributed by atoms with Gasteiger partial charge in [-0.3, -0.25) is 9.59 Å². The molecule has 3 N–H and O–H groups in total. The number of hydrogen-bond acceptors (Lipinski definition) is 6. The Morgan fingerprint density at radius 2 is 1.03 bits per heavy atom. The van der Waals surface area contributed by atoms with Crippen LogP contribution < -0.4 is 25.8 Å². The lowest BCUT2D eigenvalue weighted by atomic mass is 9.87. The molecule has 37 heavy (non-hydrogen) atoms. The first-order valence-corrected chi connectivity index (χ1v) is 12.7. The third kappa shape index (κ3) is 4.58. The molecule has 10 heteroatoms. The number of benzene rings is 2. The Hall–Kier alpha value is -3.76. The van der Waals surface area contributed by atoms with Gasteiger partial charge >= 0.3 is 12.1 Å². The lowest BCUT2D eigenvalue weighted by Gasteiger charge is -2.35. The first kappa shape index (κ1) is 24.9. The smallest absolute Gasteiger partial charge is 0.323 e. The van der Waals surface area contributed by atoms with Crippen LogP contribution in [0, 0.1) is 0 Å². The van der Waals surface area contributed by atoms with Gasteiger partial charge in [0.2, 0.25) is 0 Å². The van der Waals surface area contributed by atoms with E-state index >= 15 is 0 Å². The lowest BCUT2D eigenvalue weighted by Crippen LogP contribution is -2.54. The molecule has 0 saturated carbocycles. The molecule has 194 valence electrons. The van der Waals surface area contributed by atoms with Crippen LogP contribution in [0.4, 0.5) is 21.0 Å². The quantitative estimate of drug-likeness (QED) is 0.540. The molecular formula is C27H32N6O4. The van der Waals surface area contributed by atoms with Gasteiger partial charge < -0.3 is 20.9 Å². The molecule has 0 atom stereocenters. The first-order valence-electron chi connectivity index (χ1n) is 12.7. The third-order valence-corrected chi connectivity index (χ3v) is 7.65. The minimum absolute atomic E-state index is 0.114. The molecule has 4 aliphatic rings. The lowest BCUT2D eigenvalue weighted by molar-refractivity contribution is -0.124. The number of rotatable bonds is 2. The summed E-state index contributed by atoms with van der Waals surface area (Å²) < 4.78 is 0. The number of hydrogen-bond donors (Lipinski definition) is 3. The fraction of sp³-hybridized carbons (Fsp3) is 0.407. The maximum absolute atomic E-state index is 12.6. The van der Waals surface area contributed by atoms with Crippen LogP contribution >= 0.6 is 0 Å². The van der Waals surface area contributed by atoms with Crippen LogP contribution in [-0.4, -0.2) is 73.1 Å². The summed E-state index contributed by atoms with van der Waals surface area (Å²) in [5.41, 5.74) is -0.117. The summed E-state index contributed by atoms with van der Waals surface area (Å²) in [6.07, 6.45) is 2.66. The number of anilines is 2. The number of nitrogens with one attached hydrogen (secondary N) is 3. The molecule has 4 saturated heterocycles. The summed E-state index contributed by atoms with van der Waals surface area (Å²) in [7, 11) is 2.03. The molecule has 0 radical (unpaired) electrons. The minimum atomic E-state index is -0.696. The highest BCUT2D eigenvalue weighted by molar-refractivity contribution is 6.24. The van der Waals surface area contributed by atoms with E-state index in [4.69, 9.17) is 0 Å². The molecule has 10 nitrogen and oxygen atoms in total. The van der Waals surface area contributed by atoms with E-state index in [0.29, 0.717) is 37.1 Å². The fourth-order valence-corrected chi connectivity index (χ4v) is 5.40. The van der Waals surface area contributed by atoms with E-state index in [-0.39, 0.29) is 23.9 Å². The molecule has 0 aliphatic carbocycles. The standard InChI is InChI=1S/C14H17N3O2.C13H15N3O2/c1-16-9-7-14(8-10-16)12(18)17(13(19)15-14)11-5-3-2-4-6-11;17-11-13(6-8-14-9-7-13)15-12(18)16(11)10-4-2-1-3-5-10/h2-6H,7-10H2,1H3,(H,15,19);1-5,14H,6-9H2,(H,15,18). The second kappa shape index (κ2) is 9.95. The van der Waals surface area contributed by atoms with Gasteiger partial charge in [0.25, 0.3) is 11.8 Å². The SMILES string of the molecule is CN1CCC2(CC1)NC(=O)N(c1ccccc1)C2=O.O=C1NC2(CCNCC2)C(=O)N1c1ccccc1. The number of carbonyl (C=O) groups excluding carboxylic acids is 4. The van der Waals surface area contributed by atoms with Crippen LogP contribution in [0.3, 0.4) is 0 Å². The number of imide groups is 2. The van der Waals surface area contributed by atoms with Gasteiger partial charge in [-0.2, -0.15) is 0 Å². The summed E-state index contributed by atoms with van der Waals surface area (Å²) in [6.45, 7) is 3.17. The van der Waals surface area contributed by atoms with E-state index < -0.39 is 11.1 Å². The predicted octanol–water partition coefficient (Wildman–Crippen LogP) is 2.07. The number of likely N-dealkylation sites (tertiary alicyclic amines) is 1. The summed E-state index contributed by atoms with van der Waals surface area (Å²) in [5.74, 6) is -0.239. The van der Waals surface area contributed by atoms with E-state index in [0.717, 1.165) is 26.2 Å². The maximum atomic E-state index is 12.6. The monoisotopic (exact) mass is 504 g/mol. The Balaban J connectivity index is 0.000000152. The highest BCUT2D eigenvalue weighted by Gasteiger charge is 2.53. The van der Waals surface area contributed by atoms with Crippen LogP contribution in [-0.2, 0) is 9.59 Å². The van der Waals surface area contributed by atoms with Gasteiger partial charge in [0, 0.05) is 13.1 Å². The van der Waals surface area contributed by atoms with E-state index in [1.54, 1.807) is 24.3 Å². The van der Waals surface area contributed by atoms with E-state index in [2.05, 4.69) is 20.9 Å². The van der Waals surface area contributed by atoms with E-state index in [9.17, 15) is 19.2 Å². The van der Waals surface area contributed by atoms with Gasteiger partial charge in [-0.1, -0.05) is 36.4 Å². The molecule has 4 heterocycles. The Bertz CT molecular complexity index is 1170. The van der Waals surface area contributed by atoms with Crippen molar-refractivity contribution in [1.29, 1.82) is 0 Å². The number of urea groups is 2. The van der Waals surface area contributed by atoms with Gasteiger partial charge in [0.15, 0.2) is 0 Å². The molecule has 0 unspecified atom stereocenters. The molecular weight excluding hydrogens is 472 g/mol. The van der Waals surface area contributed by atoms with Gasteiger partial charge in [-0.05, 0) is 70.1 Å². The number of amides is 6. The van der Waals surface area contributed by atoms with Crippen molar-refractivity contribution in [2.45, 2.75) is 36.8 Å². The van der Waals surface area contributed by atoms with Crippen molar-refractivity contribution < 1.29 is 19.2 Å². The molecule has 4 fully saturated rings. The Morgan fingerprint density at radius 1 is 0.622 bits per heavy atom. The average Bonchev–Trinajstić information content (AvgIpc) is 3.30. The van der Waals surface area contributed by atoms with Crippen LogP contribution in [0.2, 0.25) is 0 Å². The third-order valence-electron chi connectivity index (χ3n) is 7.65. The highest BCUT2D eigenvalue weighted by atomic mass is 16.2. The van der Waals surface area contributed by atoms with Crippen molar-refractivity contribution in [1.82, 2.24) is 20.9 Å². The van der Waals surface area contributed by atoms with Gasteiger partial charge in [0.1, 0.15) is 11.1 Å². The summed E-state index contributed by atoms with van der Waals surface area (Å²) in [6, 6.07) is 17.5. The zero-order valence-corrected chi connectivity index (χ0v) is 20.9. The van der Waals surface area contributed by atoms with Crippen LogP contribution in [0.1, 0.15) is 25.7 Å². The molecule has 2 aromatic carbocycles. The van der Waals surface area contributed by atoms with Gasteiger partial charge in [-0.15, -0.1) is 0 Å². The number of carbonyl (C=O) groups is 4. The number of nitrogens with zero attached hydrogens (tertiary/aromatic N) is 3. The van der Waals surface area contributed by atoms with E-state index in [1.165, 1.54) is 9.80 Å². The highest BCUT2D eigenvalue weighted by Crippen LogP contribution is 2.32. The zero-order valence-electron chi connectivity index (χ0n) is 20.9. The van der Waals surface area contributed by atoms with Crippen molar-refractivity contribution in [3.63, 3.8) is 0 Å². The number of piperidine rings is 2. The van der Waals surface area contributed by atoms with Crippen LogP contribution in [0.25, 0.3) is 0 Å². The second-order valence-electron chi connectivity index (χ2n) is 10.0. The largest absolute Gasteiger partial charge is 0.329 e. The Labute approximate surface area is 216 Å². The topological polar surface area (TPSA) is 114 Å². The fourth-order valence-electron chi connectivity index (χ4n) is 5.40. The molecule has 0 bridgehead atoms. The number of para-hydroxylation sites is 2. The molecule has 6 rings (SSSR count). The first-order chi connectivity index (χ1) is 17.9. The summed E-state index contributed by atoms with van der Waals surface area (Å²) in [4.78, 5) is 54.0. The molecule has 2 spiro atoms. The molecule has 6 amide bonds. The van der Waals surface area contributed by atoms with Crippen molar-refractivity contribution in [2.24, 2.45) is 0 Å². The van der Waals surface area contributed by atoms with Gasteiger partial charge in [0.05, 0.1) is 11.4 Å². The zero-order chi connectivity index (χ0) is 26.0. The molecule has 2 aromatic rings. The van der Waals surface area contributed by atoms with Crippen molar-refractivity contribution in [3.05, 3.63) is 60.7 Å². The molecule has 4 aliphatic heterocycles. The van der Waals surface area contributed by atoms with Crippen molar-refractivity contribution in [3.8, 4) is 0 Å². The Kier molecular flexibility index (Phi) is 6.70. The van der Waals surface area contributed by atoms with Gasteiger partial charge in [-0.25, -0.2) is 19.4 Å².